The van der Waals surface area contributed by atoms with Crippen LogP contribution in [0.25, 0.3) is 32.9 Å². The van der Waals surface area contributed by atoms with Crippen LogP contribution in [0, 0.1) is 0 Å². The van der Waals surface area contributed by atoms with Crippen molar-refractivity contribution in [3.63, 3.8) is 0 Å². The van der Waals surface area contributed by atoms with Gasteiger partial charge < -0.3 is 33.8 Å². The van der Waals surface area contributed by atoms with Gasteiger partial charge in [-0.2, -0.15) is 12.6 Å². The molecule has 5 aromatic rings. The molecule has 3 aromatic heterocycles. The molecule has 2 amide bonds. The Hall–Kier alpha value is -5.31. The van der Waals surface area contributed by atoms with E-state index in [1.807, 2.05) is 58.4 Å². The van der Waals surface area contributed by atoms with Crippen molar-refractivity contribution >= 4 is 58.8 Å². The maximum absolute atomic E-state index is 13.2. The van der Waals surface area contributed by atoms with Crippen LogP contribution in [0.3, 0.4) is 0 Å². The van der Waals surface area contributed by atoms with Crippen LogP contribution < -0.4 is 14.8 Å². The van der Waals surface area contributed by atoms with E-state index in [0.29, 0.717) is 30.8 Å². The molecule has 1 saturated heterocycles. The predicted molar refractivity (Wildman–Crippen MR) is 261 cm³/mol. The third kappa shape index (κ3) is 14.9. The Morgan fingerprint density at radius 3 is 2.23 bits per heavy atom. The highest BCUT2D eigenvalue weighted by molar-refractivity contribution is 7.79. The number of aryl methyl sites for hydroxylation is 1. The minimum Gasteiger partial charge on any atom is -0.488 e. The van der Waals surface area contributed by atoms with Crippen molar-refractivity contribution in [1.29, 1.82) is 0 Å². The minimum absolute atomic E-state index is 0.0106. The van der Waals surface area contributed by atoms with Crippen molar-refractivity contribution in [2.75, 3.05) is 59.8 Å². The average Bonchev–Trinajstić information content (AvgIpc) is 3.62. The molecule has 13 nitrogen and oxygen atoms in total. The predicted octanol–water partition coefficient (Wildman–Crippen LogP) is 8.86. The second-order valence-electron chi connectivity index (χ2n) is 14.8. The molecular formula is C50H70N6O7S. The van der Waals surface area contributed by atoms with Crippen LogP contribution in [-0.2, 0) is 21.4 Å². The van der Waals surface area contributed by atoms with Crippen LogP contribution in [0.4, 0.5) is 0 Å². The molecule has 2 aromatic carbocycles. The van der Waals surface area contributed by atoms with E-state index in [2.05, 4.69) is 68.7 Å². The number of hydrogen-bond acceptors (Lipinski definition) is 11. The molecule has 348 valence electrons. The highest BCUT2D eigenvalue weighted by atomic mass is 32.1. The van der Waals surface area contributed by atoms with Gasteiger partial charge >= 0.3 is 0 Å². The van der Waals surface area contributed by atoms with Gasteiger partial charge in [0.15, 0.2) is 6.29 Å². The van der Waals surface area contributed by atoms with E-state index in [1.54, 1.807) is 24.5 Å². The molecule has 0 radical (unpaired) electrons. The lowest BCUT2D eigenvalue weighted by Gasteiger charge is -2.39. The SMILES string of the molecule is CC.CC.CNC(=O)C(CCC=O)N(C)C(=O)c1ccc(OC2CN(CCCCCOCCCCCOc3ccc(-c4ccc5c6cnccc6n(C)c5c4)cn3)C2)cc1C=O.CS. The van der Waals surface area contributed by atoms with Crippen molar-refractivity contribution < 1.29 is 33.4 Å². The Bertz CT molecular complexity index is 2170. The van der Waals surface area contributed by atoms with E-state index < -0.39 is 11.9 Å². The summed E-state index contributed by atoms with van der Waals surface area (Å²) in [5, 5.41) is 4.88. The fraction of sp³-hybridized carbons (Fsp3) is 0.480. The zero-order chi connectivity index (χ0) is 46.9. The normalized spacial score (nSPS) is 12.6. The lowest BCUT2D eigenvalue weighted by atomic mass is 10.0. The number of amides is 2. The topological polar surface area (TPSA) is 145 Å². The third-order valence-corrected chi connectivity index (χ3v) is 10.8. The van der Waals surface area contributed by atoms with Crippen molar-refractivity contribution in [2.24, 2.45) is 7.05 Å². The molecule has 1 aliphatic rings. The Balaban J connectivity index is 0.00000174. The number of hydrogen-bond donors (Lipinski definition) is 2. The molecule has 1 fully saturated rings. The van der Waals surface area contributed by atoms with Crippen LogP contribution in [0.5, 0.6) is 11.6 Å². The number of fused-ring (bicyclic) bond motifs is 3. The first-order chi connectivity index (χ1) is 31.3. The van der Waals surface area contributed by atoms with Gasteiger partial charge in [0.25, 0.3) is 5.91 Å². The Labute approximate surface area is 385 Å². The van der Waals surface area contributed by atoms with Gasteiger partial charge in [0.05, 0.1) is 17.7 Å². The van der Waals surface area contributed by atoms with Gasteiger partial charge in [-0.3, -0.25) is 24.3 Å². The largest absolute Gasteiger partial charge is 0.488 e. The molecule has 6 rings (SSSR count). The summed E-state index contributed by atoms with van der Waals surface area (Å²) in [6, 6.07) is 16.5. The second-order valence-corrected chi connectivity index (χ2v) is 14.8. The summed E-state index contributed by atoms with van der Waals surface area (Å²) >= 11 is 3.53. The van der Waals surface area contributed by atoms with E-state index in [4.69, 9.17) is 14.2 Å². The van der Waals surface area contributed by atoms with Crippen molar-refractivity contribution in [3.8, 4) is 22.8 Å². The number of nitrogens with zero attached hydrogens (tertiary/aromatic N) is 5. The lowest BCUT2D eigenvalue weighted by molar-refractivity contribution is -0.125. The van der Waals surface area contributed by atoms with E-state index in [1.165, 1.54) is 35.4 Å². The van der Waals surface area contributed by atoms with Gasteiger partial charge in [-0.25, -0.2) is 4.98 Å². The van der Waals surface area contributed by atoms with Crippen molar-refractivity contribution in [2.45, 2.75) is 91.2 Å². The number of rotatable bonds is 23. The number of likely N-dealkylation sites (tertiary alicyclic amines) is 1. The van der Waals surface area contributed by atoms with Crippen LogP contribution >= 0.6 is 12.6 Å². The maximum atomic E-state index is 13.2. The van der Waals surface area contributed by atoms with Gasteiger partial charge in [0.1, 0.15) is 24.2 Å². The molecule has 14 heteroatoms. The molecule has 0 saturated carbocycles. The number of aldehydes is 2. The first kappa shape index (κ1) is 53.0. The quantitative estimate of drug-likeness (QED) is 0.0371. The van der Waals surface area contributed by atoms with Gasteiger partial charge in [-0.1, -0.05) is 39.8 Å². The number of aromatic nitrogens is 3. The Morgan fingerprint density at radius 2 is 1.56 bits per heavy atom. The number of ether oxygens (including phenoxy) is 3. The first-order valence-electron chi connectivity index (χ1n) is 22.7. The fourth-order valence-electron chi connectivity index (χ4n) is 7.45. The van der Waals surface area contributed by atoms with Crippen LogP contribution in [0.15, 0.2) is 73.2 Å². The number of carbonyl (C=O) groups is 4. The van der Waals surface area contributed by atoms with Crippen LogP contribution in [0.1, 0.15) is 99.8 Å². The standard InChI is InChI=1S/C45H54N6O7.2C2H6.CH4S/c1-46-44(54)41(11-10-21-52)50(3)45(55)37-16-14-35(25-34(37)31-53)58-36-29-51(30-36)20-6-4-7-22-56-23-8-5-9-24-57-43-17-13-33(27-48-43)32-12-15-38-39-28-47-19-18-40(39)49(2)42(38)26-32;3*1-2/h12-19,21,25-28,31,36,41H,4-11,20,22-24,29-30H2,1-3H3,(H,46,54);2*1-2H3;2H,1H3. The van der Waals surface area contributed by atoms with Crippen LogP contribution in [-0.4, -0.2) is 121 Å². The molecule has 0 bridgehead atoms. The lowest BCUT2D eigenvalue weighted by Crippen LogP contribution is -2.53. The molecule has 64 heavy (non-hydrogen) atoms. The van der Waals surface area contributed by atoms with Crippen molar-refractivity contribution in [3.05, 3.63) is 84.3 Å². The Morgan fingerprint density at radius 1 is 0.859 bits per heavy atom. The highest BCUT2D eigenvalue weighted by Crippen LogP contribution is 2.31. The molecule has 1 aliphatic heterocycles. The van der Waals surface area contributed by atoms with Gasteiger partial charge in [0, 0.05) is 106 Å². The van der Waals surface area contributed by atoms with Crippen molar-refractivity contribution in [1.82, 2.24) is 29.7 Å². The highest BCUT2D eigenvalue weighted by Gasteiger charge is 2.30. The molecule has 0 aliphatic carbocycles. The monoisotopic (exact) mass is 899 g/mol. The third-order valence-electron chi connectivity index (χ3n) is 10.8. The molecule has 1 unspecified atom stereocenters. The summed E-state index contributed by atoms with van der Waals surface area (Å²) in [4.78, 5) is 60.8. The smallest absolute Gasteiger partial charge is 0.255 e. The summed E-state index contributed by atoms with van der Waals surface area (Å²) < 4.78 is 20.1. The molecule has 1 atom stereocenters. The number of unbranched alkanes of at least 4 members (excludes halogenated alkanes) is 4. The van der Waals surface area contributed by atoms with Gasteiger partial charge in [-0.15, -0.1) is 0 Å². The van der Waals surface area contributed by atoms with Gasteiger partial charge in [-0.05, 0) is 99.7 Å². The first-order valence-corrected chi connectivity index (χ1v) is 23.5. The summed E-state index contributed by atoms with van der Waals surface area (Å²) in [6.45, 7) is 12.7. The fourth-order valence-corrected chi connectivity index (χ4v) is 7.45. The van der Waals surface area contributed by atoms with E-state index >= 15 is 0 Å². The molecule has 0 spiro atoms. The summed E-state index contributed by atoms with van der Waals surface area (Å²) in [5.74, 6) is 0.309. The number of likely N-dealkylation sites (N-methyl/N-ethyl adjacent to an activating group) is 2. The zero-order valence-corrected chi connectivity index (χ0v) is 40.1. The number of thiol groups is 1. The molecular weight excluding hydrogens is 829 g/mol. The van der Waals surface area contributed by atoms with E-state index in [-0.39, 0.29) is 36.0 Å². The summed E-state index contributed by atoms with van der Waals surface area (Å²) in [7, 11) is 5.06. The minimum atomic E-state index is -0.826. The molecule has 1 N–H and O–H groups in total. The summed E-state index contributed by atoms with van der Waals surface area (Å²) in [5.41, 5.74) is 4.87. The summed E-state index contributed by atoms with van der Waals surface area (Å²) in [6.07, 6.45) is 15.2. The number of nitrogens with one attached hydrogen (secondary N) is 1. The van der Waals surface area contributed by atoms with Crippen LogP contribution in [0.2, 0.25) is 0 Å². The molecule has 4 heterocycles. The maximum Gasteiger partial charge on any atom is 0.255 e. The van der Waals surface area contributed by atoms with E-state index in [0.717, 1.165) is 87.9 Å². The zero-order valence-electron chi connectivity index (χ0n) is 39.2. The number of carbonyl (C=O) groups excluding carboxylic acids is 4. The average molecular weight is 899 g/mol. The number of benzene rings is 2. The Kier molecular flexibility index (Phi) is 24.2. The van der Waals surface area contributed by atoms with E-state index in [9.17, 15) is 19.2 Å². The number of pyridine rings is 2. The second kappa shape index (κ2) is 29.2. The van der Waals surface area contributed by atoms with Gasteiger partial charge in [0.2, 0.25) is 11.8 Å².